The monoisotopic (exact) mass is 297 g/mol. The molecule has 2 fully saturated rings. The van der Waals surface area contributed by atoms with Crippen molar-refractivity contribution in [2.75, 3.05) is 19.3 Å². The third kappa shape index (κ3) is 3.69. The molecule has 2 saturated heterocycles. The van der Waals surface area contributed by atoms with Gasteiger partial charge in [0.15, 0.2) is 0 Å². The van der Waals surface area contributed by atoms with Gasteiger partial charge in [0.05, 0.1) is 18.6 Å². The van der Waals surface area contributed by atoms with E-state index >= 15 is 0 Å². The van der Waals surface area contributed by atoms with Crippen molar-refractivity contribution < 1.29 is 9.59 Å². The second-order valence-corrected chi connectivity index (χ2v) is 6.75. The Bertz CT molecular complexity index is 389. The molecule has 2 amide bonds. The smallest absolute Gasteiger partial charge is 0.315 e. The molecule has 0 spiro atoms. The Labute approximate surface area is 124 Å². The highest BCUT2D eigenvalue weighted by Gasteiger charge is 2.42. The van der Waals surface area contributed by atoms with Crippen molar-refractivity contribution >= 4 is 24.1 Å². The molecule has 0 aliphatic carbocycles. The fourth-order valence-corrected chi connectivity index (χ4v) is 4.29. The third-order valence-electron chi connectivity index (χ3n) is 4.03. The molecule has 2 aliphatic heterocycles. The van der Waals surface area contributed by atoms with Crippen molar-refractivity contribution in [2.45, 2.75) is 43.0 Å². The van der Waals surface area contributed by atoms with Crippen LogP contribution in [0.1, 0.15) is 25.7 Å². The second-order valence-electron chi connectivity index (χ2n) is 5.48. The molecule has 20 heavy (non-hydrogen) atoms. The molecule has 2 rings (SSSR count). The molecule has 2 N–H and O–H groups in total. The van der Waals surface area contributed by atoms with Crippen LogP contribution in [0.5, 0.6) is 0 Å². The number of amides is 2. The maximum absolute atomic E-state index is 11.3. The fourth-order valence-electron chi connectivity index (χ4n) is 2.75. The summed E-state index contributed by atoms with van der Waals surface area (Å²) in [6.07, 6.45) is 5.16. The molecule has 0 radical (unpaired) electrons. The first kappa shape index (κ1) is 15.2. The minimum atomic E-state index is -0.0193. The van der Waals surface area contributed by atoms with Gasteiger partial charge in [-0.15, -0.1) is 0 Å². The molecule has 6 heteroatoms. The normalized spacial score (nSPS) is 27.6. The number of urea groups is 1. The molecule has 112 valence electrons. The molecule has 2 aliphatic rings. The quantitative estimate of drug-likeness (QED) is 0.403. The lowest BCUT2D eigenvalue weighted by molar-refractivity contribution is -0.108. The number of allylic oxidation sites excluding steroid dienone is 1. The number of likely N-dealkylation sites (N-methyl/N-ethyl adjacent to an activating group) is 1. The van der Waals surface area contributed by atoms with Crippen LogP contribution in [0.25, 0.3) is 0 Å². The van der Waals surface area contributed by atoms with Crippen LogP contribution in [0.4, 0.5) is 4.79 Å². The number of nitrogens with one attached hydrogen (secondary N) is 2. The zero-order valence-electron chi connectivity index (χ0n) is 11.9. The van der Waals surface area contributed by atoms with E-state index in [0.29, 0.717) is 23.9 Å². The van der Waals surface area contributed by atoms with Crippen molar-refractivity contribution in [1.29, 1.82) is 0 Å². The summed E-state index contributed by atoms with van der Waals surface area (Å²) in [6.45, 7) is 4.42. The first-order valence-electron chi connectivity index (χ1n) is 7.13. The van der Waals surface area contributed by atoms with Crippen LogP contribution < -0.4 is 10.6 Å². The number of fused-ring (bicyclic) bond motifs is 1. The third-order valence-corrected chi connectivity index (χ3v) is 5.54. The molecule has 0 bridgehead atoms. The van der Waals surface area contributed by atoms with Crippen molar-refractivity contribution in [3.63, 3.8) is 0 Å². The Hall–Kier alpha value is -1.17. The summed E-state index contributed by atoms with van der Waals surface area (Å²) in [4.78, 5) is 23.6. The van der Waals surface area contributed by atoms with Gasteiger partial charge in [-0.3, -0.25) is 0 Å². The van der Waals surface area contributed by atoms with Gasteiger partial charge in [-0.25, -0.2) is 4.79 Å². The first-order chi connectivity index (χ1) is 9.61. The average Bonchev–Trinajstić information content (AvgIpc) is 2.94. The van der Waals surface area contributed by atoms with E-state index in [1.807, 2.05) is 23.7 Å². The topological polar surface area (TPSA) is 61.4 Å². The molecular formula is C14H23N3O2S. The summed E-state index contributed by atoms with van der Waals surface area (Å²) in [6, 6.07) is 0.591. The summed E-state index contributed by atoms with van der Waals surface area (Å²) in [5.74, 6) is 1.02. The lowest BCUT2D eigenvalue weighted by Gasteiger charge is -2.20. The van der Waals surface area contributed by atoms with Gasteiger partial charge in [-0.05, 0) is 19.3 Å². The number of hydrogen-bond donors (Lipinski definition) is 2. The Balaban J connectivity index is 1.63. The number of thioether (sulfide) groups is 1. The minimum absolute atomic E-state index is 0.0193. The van der Waals surface area contributed by atoms with Crippen LogP contribution in [0, 0.1) is 0 Å². The lowest BCUT2D eigenvalue weighted by atomic mass is 10.0. The summed E-state index contributed by atoms with van der Waals surface area (Å²) in [5.41, 5.74) is 1.02. The van der Waals surface area contributed by atoms with Crippen LogP contribution >= 0.6 is 11.8 Å². The van der Waals surface area contributed by atoms with E-state index in [2.05, 4.69) is 17.2 Å². The summed E-state index contributed by atoms with van der Waals surface area (Å²) in [5, 5.41) is 6.50. The number of carbonyl (C=O) groups is 2. The number of aldehydes is 1. The van der Waals surface area contributed by atoms with Gasteiger partial charge in [0.2, 0.25) is 0 Å². The average molecular weight is 297 g/mol. The Kier molecular flexibility index (Phi) is 5.34. The minimum Gasteiger partial charge on any atom is -0.371 e. The molecule has 5 nitrogen and oxygen atoms in total. The van der Waals surface area contributed by atoms with Gasteiger partial charge in [0.1, 0.15) is 6.29 Å². The van der Waals surface area contributed by atoms with E-state index in [9.17, 15) is 9.59 Å². The van der Waals surface area contributed by atoms with Crippen LogP contribution in [-0.2, 0) is 4.79 Å². The number of unbranched alkanes of at least 4 members (excludes halogenated alkanes) is 1. The second kappa shape index (κ2) is 7.02. The number of rotatable bonds is 8. The Morgan fingerprint density at radius 2 is 2.30 bits per heavy atom. The van der Waals surface area contributed by atoms with E-state index in [0.717, 1.165) is 43.4 Å². The van der Waals surface area contributed by atoms with Gasteiger partial charge in [0.25, 0.3) is 0 Å². The van der Waals surface area contributed by atoms with Crippen molar-refractivity contribution in [2.24, 2.45) is 0 Å². The number of nitrogens with zero attached hydrogens (tertiary/aromatic N) is 1. The van der Waals surface area contributed by atoms with Crippen LogP contribution in [0.3, 0.4) is 0 Å². The summed E-state index contributed by atoms with van der Waals surface area (Å²) in [7, 11) is 1.90. The highest BCUT2D eigenvalue weighted by atomic mass is 32.2. The highest BCUT2D eigenvalue weighted by Crippen LogP contribution is 2.33. The van der Waals surface area contributed by atoms with Gasteiger partial charge in [0, 0.05) is 23.7 Å². The number of carbonyl (C=O) groups excluding carboxylic acids is 2. The van der Waals surface area contributed by atoms with Crippen molar-refractivity contribution in [1.82, 2.24) is 15.5 Å². The molecular weight excluding hydrogens is 274 g/mol. The standard InChI is InChI=1S/C14H23N3O2S/c1-10(17(2)7-8-18)5-3-4-6-12-13-11(9-20-12)15-14(19)16-13/h8,11-13H,1,3-7,9H2,2H3,(H2,15,16,19)/t11-,12-,13-/m0/s1. The molecule has 0 aromatic rings. The highest BCUT2D eigenvalue weighted by molar-refractivity contribution is 8.00. The number of hydrogen-bond acceptors (Lipinski definition) is 4. The van der Waals surface area contributed by atoms with Crippen LogP contribution in [-0.4, -0.2) is 53.9 Å². The van der Waals surface area contributed by atoms with Crippen LogP contribution in [0.2, 0.25) is 0 Å². The molecule has 3 atom stereocenters. The maximum Gasteiger partial charge on any atom is 0.315 e. The summed E-state index contributed by atoms with van der Waals surface area (Å²) >= 11 is 1.95. The molecule has 0 saturated carbocycles. The van der Waals surface area contributed by atoms with E-state index in [1.165, 1.54) is 0 Å². The van der Waals surface area contributed by atoms with E-state index in [1.54, 1.807) is 0 Å². The molecule has 0 aromatic heterocycles. The summed E-state index contributed by atoms with van der Waals surface area (Å²) < 4.78 is 0. The van der Waals surface area contributed by atoms with Crippen molar-refractivity contribution in [3.8, 4) is 0 Å². The van der Waals surface area contributed by atoms with Gasteiger partial charge >= 0.3 is 6.03 Å². The fraction of sp³-hybridized carbons (Fsp3) is 0.714. The van der Waals surface area contributed by atoms with E-state index in [4.69, 9.17) is 0 Å². The predicted octanol–water partition coefficient (Wildman–Crippen LogP) is 1.36. The van der Waals surface area contributed by atoms with Crippen molar-refractivity contribution in [3.05, 3.63) is 12.3 Å². The SMILES string of the molecule is C=C(CCCC[C@@H]1SC[C@@H]2NC(=O)N[C@@H]21)N(C)CC=O. The zero-order chi connectivity index (χ0) is 14.5. The van der Waals surface area contributed by atoms with Crippen LogP contribution in [0.15, 0.2) is 12.3 Å². The first-order valence-corrected chi connectivity index (χ1v) is 8.18. The zero-order valence-corrected chi connectivity index (χ0v) is 12.7. The molecule has 0 unspecified atom stereocenters. The lowest BCUT2D eigenvalue weighted by Crippen LogP contribution is -2.36. The van der Waals surface area contributed by atoms with E-state index in [-0.39, 0.29) is 6.03 Å². The maximum atomic E-state index is 11.3. The Morgan fingerprint density at radius 1 is 1.50 bits per heavy atom. The van der Waals surface area contributed by atoms with Gasteiger partial charge in [-0.1, -0.05) is 13.0 Å². The molecule has 2 heterocycles. The largest absolute Gasteiger partial charge is 0.371 e. The Morgan fingerprint density at radius 3 is 3.05 bits per heavy atom. The van der Waals surface area contributed by atoms with E-state index < -0.39 is 0 Å². The predicted molar refractivity (Wildman–Crippen MR) is 81.8 cm³/mol. The van der Waals surface area contributed by atoms with Gasteiger partial charge in [-0.2, -0.15) is 11.8 Å². The van der Waals surface area contributed by atoms with Gasteiger partial charge < -0.3 is 20.3 Å². The molecule has 0 aromatic carbocycles.